The summed E-state index contributed by atoms with van der Waals surface area (Å²) < 4.78 is 0. The number of benzene rings is 1. The summed E-state index contributed by atoms with van der Waals surface area (Å²) in [5.74, 6) is 1.63. The monoisotopic (exact) mass is 261 g/mol. The summed E-state index contributed by atoms with van der Waals surface area (Å²) >= 11 is 0. The maximum atomic E-state index is 10.3. The standard InChI is InChI=1S/C17H27NO/c1-13-5-4-6-16(11-13)17(19)8-10-18-9-7-14(2)15(3)12-18/h4-6,11,14-15,17,19H,7-10,12H2,1-3H3. The highest BCUT2D eigenvalue weighted by molar-refractivity contribution is 5.23. The van der Waals surface area contributed by atoms with Crippen molar-refractivity contribution < 1.29 is 5.11 Å². The molecule has 1 aromatic rings. The molecule has 1 fully saturated rings. The lowest BCUT2D eigenvalue weighted by Gasteiger charge is -2.35. The third kappa shape index (κ3) is 4.05. The number of piperidine rings is 1. The number of aliphatic hydroxyl groups is 1. The summed E-state index contributed by atoms with van der Waals surface area (Å²) in [5.41, 5.74) is 2.27. The van der Waals surface area contributed by atoms with Crippen molar-refractivity contribution in [1.82, 2.24) is 4.90 Å². The largest absolute Gasteiger partial charge is 0.388 e. The van der Waals surface area contributed by atoms with E-state index < -0.39 is 0 Å². The molecule has 3 atom stereocenters. The zero-order chi connectivity index (χ0) is 13.8. The minimum atomic E-state index is -0.324. The highest BCUT2D eigenvalue weighted by Gasteiger charge is 2.22. The van der Waals surface area contributed by atoms with Crippen LogP contribution in [0.3, 0.4) is 0 Å². The van der Waals surface area contributed by atoms with Crippen molar-refractivity contribution in [1.29, 1.82) is 0 Å². The lowest BCUT2D eigenvalue weighted by atomic mass is 9.88. The Kier molecular flexibility index (Phi) is 5.00. The number of aliphatic hydroxyl groups excluding tert-OH is 1. The third-order valence-electron chi connectivity index (χ3n) is 4.56. The van der Waals surface area contributed by atoms with E-state index in [1.165, 1.54) is 25.1 Å². The molecule has 3 unspecified atom stereocenters. The first-order chi connectivity index (χ1) is 9.06. The first-order valence-electron chi connectivity index (χ1n) is 7.53. The minimum absolute atomic E-state index is 0.324. The van der Waals surface area contributed by atoms with Crippen LogP contribution in [0.15, 0.2) is 24.3 Å². The lowest BCUT2D eigenvalue weighted by molar-refractivity contribution is 0.103. The Labute approximate surface area is 117 Å². The molecule has 1 heterocycles. The van der Waals surface area contributed by atoms with Gasteiger partial charge in [0.15, 0.2) is 0 Å². The third-order valence-corrected chi connectivity index (χ3v) is 4.56. The molecular formula is C17H27NO. The maximum Gasteiger partial charge on any atom is 0.0802 e. The van der Waals surface area contributed by atoms with Gasteiger partial charge in [-0.15, -0.1) is 0 Å². The smallest absolute Gasteiger partial charge is 0.0802 e. The van der Waals surface area contributed by atoms with Gasteiger partial charge in [0.2, 0.25) is 0 Å². The van der Waals surface area contributed by atoms with E-state index >= 15 is 0 Å². The van der Waals surface area contributed by atoms with Crippen LogP contribution < -0.4 is 0 Å². The van der Waals surface area contributed by atoms with Gasteiger partial charge in [-0.05, 0) is 43.7 Å². The second-order valence-electron chi connectivity index (χ2n) is 6.26. The van der Waals surface area contributed by atoms with Crippen molar-refractivity contribution in [2.45, 2.75) is 39.7 Å². The molecule has 0 spiro atoms. The number of hydrogen-bond acceptors (Lipinski definition) is 2. The Hall–Kier alpha value is -0.860. The van der Waals surface area contributed by atoms with Crippen LogP contribution >= 0.6 is 0 Å². The fraction of sp³-hybridized carbons (Fsp3) is 0.647. The normalized spacial score (nSPS) is 26.3. The van der Waals surface area contributed by atoms with Crippen LogP contribution in [0.5, 0.6) is 0 Å². The average Bonchev–Trinajstić information content (AvgIpc) is 2.40. The SMILES string of the molecule is Cc1cccc(C(O)CCN2CCC(C)C(C)C2)c1. The highest BCUT2D eigenvalue weighted by Crippen LogP contribution is 2.24. The summed E-state index contributed by atoms with van der Waals surface area (Å²) in [6.07, 6.45) is 1.81. The molecule has 1 aliphatic rings. The molecule has 0 aliphatic carbocycles. The van der Waals surface area contributed by atoms with E-state index in [0.29, 0.717) is 0 Å². The summed E-state index contributed by atoms with van der Waals surface area (Å²) in [7, 11) is 0. The van der Waals surface area contributed by atoms with Gasteiger partial charge in [-0.2, -0.15) is 0 Å². The molecule has 1 aliphatic heterocycles. The van der Waals surface area contributed by atoms with Crippen molar-refractivity contribution in [3.05, 3.63) is 35.4 Å². The maximum absolute atomic E-state index is 10.3. The molecule has 1 N–H and O–H groups in total. The predicted octanol–water partition coefficient (Wildman–Crippen LogP) is 3.40. The van der Waals surface area contributed by atoms with Crippen LogP contribution in [-0.2, 0) is 0 Å². The van der Waals surface area contributed by atoms with Gasteiger partial charge in [0, 0.05) is 13.1 Å². The quantitative estimate of drug-likeness (QED) is 0.898. The second kappa shape index (κ2) is 6.53. The van der Waals surface area contributed by atoms with E-state index in [-0.39, 0.29) is 6.10 Å². The molecule has 0 amide bonds. The zero-order valence-corrected chi connectivity index (χ0v) is 12.5. The van der Waals surface area contributed by atoms with Crippen molar-refractivity contribution in [2.24, 2.45) is 11.8 Å². The van der Waals surface area contributed by atoms with Gasteiger partial charge in [0.05, 0.1) is 6.10 Å². The van der Waals surface area contributed by atoms with Gasteiger partial charge in [-0.25, -0.2) is 0 Å². The Morgan fingerprint density at radius 1 is 1.32 bits per heavy atom. The van der Waals surface area contributed by atoms with Gasteiger partial charge in [-0.3, -0.25) is 0 Å². The van der Waals surface area contributed by atoms with Gasteiger partial charge >= 0.3 is 0 Å². The van der Waals surface area contributed by atoms with E-state index in [0.717, 1.165) is 30.4 Å². The molecule has 0 bridgehead atoms. The Balaban J connectivity index is 1.82. The predicted molar refractivity (Wildman–Crippen MR) is 80.1 cm³/mol. The molecule has 2 rings (SSSR count). The molecular weight excluding hydrogens is 234 g/mol. The van der Waals surface area contributed by atoms with E-state index in [1.54, 1.807) is 0 Å². The fourth-order valence-corrected chi connectivity index (χ4v) is 2.90. The van der Waals surface area contributed by atoms with E-state index in [4.69, 9.17) is 0 Å². The van der Waals surface area contributed by atoms with E-state index in [2.05, 4.69) is 37.8 Å². The summed E-state index contributed by atoms with van der Waals surface area (Å²) in [6, 6.07) is 8.21. The lowest BCUT2D eigenvalue weighted by Crippen LogP contribution is -2.39. The van der Waals surface area contributed by atoms with Gasteiger partial charge in [-0.1, -0.05) is 43.7 Å². The molecule has 2 nitrogen and oxygen atoms in total. The van der Waals surface area contributed by atoms with Crippen LogP contribution in [0.4, 0.5) is 0 Å². The molecule has 19 heavy (non-hydrogen) atoms. The number of likely N-dealkylation sites (tertiary alicyclic amines) is 1. The molecule has 0 saturated carbocycles. The highest BCUT2D eigenvalue weighted by atomic mass is 16.3. The molecule has 106 valence electrons. The molecule has 0 radical (unpaired) electrons. The average molecular weight is 261 g/mol. The van der Waals surface area contributed by atoms with Crippen molar-refractivity contribution in [3.8, 4) is 0 Å². The number of hydrogen-bond donors (Lipinski definition) is 1. The number of rotatable bonds is 4. The molecule has 0 aromatic heterocycles. The number of nitrogens with zero attached hydrogens (tertiary/aromatic N) is 1. The van der Waals surface area contributed by atoms with Gasteiger partial charge < -0.3 is 10.0 Å². The van der Waals surface area contributed by atoms with Crippen molar-refractivity contribution >= 4 is 0 Å². The van der Waals surface area contributed by atoms with E-state index in [9.17, 15) is 5.11 Å². The number of aryl methyl sites for hydroxylation is 1. The Bertz CT molecular complexity index is 404. The molecule has 1 saturated heterocycles. The zero-order valence-electron chi connectivity index (χ0n) is 12.5. The van der Waals surface area contributed by atoms with Crippen LogP contribution in [0.2, 0.25) is 0 Å². The molecule has 2 heteroatoms. The van der Waals surface area contributed by atoms with Gasteiger partial charge in [0.25, 0.3) is 0 Å². The minimum Gasteiger partial charge on any atom is -0.388 e. The van der Waals surface area contributed by atoms with Crippen molar-refractivity contribution in [2.75, 3.05) is 19.6 Å². The topological polar surface area (TPSA) is 23.5 Å². The Morgan fingerprint density at radius 2 is 2.11 bits per heavy atom. The van der Waals surface area contributed by atoms with Crippen molar-refractivity contribution in [3.63, 3.8) is 0 Å². The van der Waals surface area contributed by atoms with E-state index in [1.807, 2.05) is 12.1 Å². The Morgan fingerprint density at radius 3 is 2.79 bits per heavy atom. The summed E-state index contributed by atoms with van der Waals surface area (Å²) in [6.45, 7) is 10.1. The molecule has 1 aromatic carbocycles. The first-order valence-corrected chi connectivity index (χ1v) is 7.53. The van der Waals surface area contributed by atoms with Crippen LogP contribution in [-0.4, -0.2) is 29.6 Å². The second-order valence-corrected chi connectivity index (χ2v) is 6.26. The summed E-state index contributed by atoms with van der Waals surface area (Å²) in [4.78, 5) is 2.50. The summed E-state index contributed by atoms with van der Waals surface area (Å²) in [5, 5.41) is 10.3. The van der Waals surface area contributed by atoms with Gasteiger partial charge in [0.1, 0.15) is 0 Å². The van der Waals surface area contributed by atoms with Crippen LogP contribution in [0.1, 0.15) is 43.9 Å². The van der Waals surface area contributed by atoms with Crippen LogP contribution in [0, 0.1) is 18.8 Å². The fourth-order valence-electron chi connectivity index (χ4n) is 2.90. The first kappa shape index (κ1) is 14.5. The van der Waals surface area contributed by atoms with Crippen LogP contribution in [0.25, 0.3) is 0 Å².